The van der Waals surface area contributed by atoms with E-state index >= 15 is 0 Å². The first-order valence-corrected chi connectivity index (χ1v) is 6.29. The number of hydrogen-bond donors (Lipinski definition) is 2. The van der Waals surface area contributed by atoms with E-state index in [1.54, 1.807) is 0 Å². The van der Waals surface area contributed by atoms with Crippen molar-refractivity contribution in [2.24, 2.45) is 5.73 Å². The van der Waals surface area contributed by atoms with E-state index in [0.29, 0.717) is 17.4 Å². The molecule has 3 N–H and O–H groups in total. The van der Waals surface area contributed by atoms with E-state index in [1.807, 2.05) is 32.9 Å². The largest absolute Gasteiger partial charge is 0.492 e. The smallest absolute Gasteiger partial charge is 0.234 e. The standard InChI is InChI=1S/C13H19ClN2O2/c1-4-18-12-5-8(2)10(6-11(12)14)9(3)16-13(17)7-15/h5-6,9H,4,7,15H2,1-3H3,(H,16,17). The van der Waals surface area contributed by atoms with Crippen LogP contribution >= 0.6 is 11.6 Å². The van der Waals surface area contributed by atoms with Crippen LogP contribution in [0, 0.1) is 6.92 Å². The molecule has 0 radical (unpaired) electrons. The van der Waals surface area contributed by atoms with Crippen molar-refractivity contribution in [1.29, 1.82) is 0 Å². The lowest BCUT2D eigenvalue weighted by Crippen LogP contribution is -2.32. The van der Waals surface area contributed by atoms with Gasteiger partial charge in [-0.1, -0.05) is 11.6 Å². The summed E-state index contributed by atoms with van der Waals surface area (Å²) in [6, 6.07) is 3.57. The van der Waals surface area contributed by atoms with Gasteiger partial charge in [0.15, 0.2) is 0 Å². The number of amides is 1. The lowest BCUT2D eigenvalue weighted by atomic mass is 10.0. The van der Waals surface area contributed by atoms with Gasteiger partial charge in [-0.2, -0.15) is 0 Å². The molecule has 18 heavy (non-hydrogen) atoms. The zero-order chi connectivity index (χ0) is 13.7. The topological polar surface area (TPSA) is 64.3 Å². The first-order valence-electron chi connectivity index (χ1n) is 5.91. The zero-order valence-electron chi connectivity index (χ0n) is 10.9. The first kappa shape index (κ1) is 14.8. The quantitative estimate of drug-likeness (QED) is 0.862. The van der Waals surface area contributed by atoms with Crippen molar-refractivity contribution in [3.63, 3.8) is 0 Å². The van der Waals surface area contributed by atoms with Crippen LogP contribution in [-0.4, -0.2) is 19.1 Å². The Morgan fingerprint density at radius 3 is 2.78 bits per heavy atom. The summed E-state index contributed by atoms with van der Waals surface area (Å²) in [5, 5.41) is 3.35. The van der Waals surface area contributed by atoms with E-state index in [9.17, 15) is 4.79 Å². The number of carbonyl (C=O) groups is 1. The third-order valence-corrected chi connectivity index (χ3v) is 2.95. The number of ether oxygens (including phenoxy) is 1. The maximum Gasteiger partial charge on any atom is 0.234 e. The summed E-state index contributed by atoms with van der Waals surface area (Å²) in [5.74, 6) is 0.477. The summed E-state index contributed by atoms with van der Waals surface area (Å²) < 4.78 is 5.42. The Bertz CT molecular complexity index is 435. The van der Waals surface area contributed by atoms with Gasteiger partial charge in [0, 0.05) is 0 Å². The molecule has 1 aromatic carbocycles. The molecule has 0 saturated heterocycles. The second kappa shape index (κ2) is 6.61. The highest BCUT2D eigenvalue weighted by Gasteiger charge is 2.14. The number of rotatable bonds is 5. The second-order valence-corrected chi connectivity index (χ2v) is 4.47. The Labute approximate surface area is 112 Å². The lowest BCUT2D eigenvalue weighted by Gasteiger charge is -2.18. The number of nitrogens with two attached hydrogens (primary N) is 1. The molecule has 0 saturated carbocycles. The molecule has 0 aliphatic carbocycles. The Hall–Kier alpha value is -1.26. The molecule has 0 aromatic heterocycles. The molecule has 0 aliphatic rings. The highest BCUT2D eigenvalue weighted by atomic mass is 35.5. The third kappa shape index (κ3) is 3.62. The molecular formula is C13H19ClN2O2. The fourth-order valence-electron chi connectivity index (χ4n) is 1.78. The SMILES string of the molecule is CCOc1cc(C)c(C(C)NC(=O)CN)cc1Cl. The Morgan fingerprint density at radius 2 is 2.22 bits per heavy atom. The molecule has 1 aromatic rings. The number of hydrogen-bond acceptors (Lipinski definition) is 3. The average molecular weight is 271 g/mol. The van der Waals surface area contributed by atoms with Crippen molar-refractivity contribution in [2.45, 2.75) is 26.8 Å². The Balaban J connectivity index is 2.96. The van der Waals surface area contributed by atoms with Gasteiger partial charge in [0.05, 0.1) is 24.2 Å². The third-order valence-electron chi connectivity index (χ3n) is 2.65. The maximum atomic E-state index is 11.3. The highest BCUT2D eigenvalue weighted by Crippen LogP contribution is 2.30. The van der Waals surface area contributed by atoms with Crippen LogP contribution in [-0.2, 0) is 4.79 Å². The molecular weight excluding hydrogens is 252 g/mol. The number of nitrogens with one attached hydrogen (secondary N) is 1. The van der Waals surface area contributed by atoms with Crippen LogP contribution in [0.1, 0.15) is 31.0 Å². The number of aryl methyl sites for hydroxylation is 1. The van der Waals surface area contributed by atoms with Gasteiger partial charge in [-0.15, -0.1) is 0 Å². The van der Waals surface area contributed by atoms with Crippen molar-refractivity contribution < 1.29 is 9.53 Å². The van der Waals surface area contributed by atoms with Crippen LogP contribution in [0.25, 0.3) is 0 Å². The van der Waals surface area contributed by atoms with Gasteiger partial charge in [-0.25, -0.2) is 0 Å². The molecule has 0 bridgehead atoms. The van der Waals surface area contributed by atoms with Gasteiger partial charge >= 0.3 is 0 Å². The van der Waals surface area contributed by atoms with Crippen molar-refractivity contribution in [3.8, 4) is 5.75 Å². The van der Waals surface area contributed by atoms with Gasteiger partial charge in [0.25, 0.3) is 0 Å². The molecule has 1 atom stereocenters. The molecule has 0 heterocycles. The van der Waals surface area contributed by atoms with Gasteiger partial charge in [0.2, 0.25) is 5.91 Å². The Kier molecular flexibility index (Phi) is 5.44. The summed E-state index contributed by atoms with van der Waals surface area (Å²) in [7, 11) is 0. The van der Waals surface area contributed by atoms with Crippen LogP contribution in [0.2, 0.25) is 5.02 Å². The molecule has 5 heteroatoms. The predicted molar refractivity (Wildman–Crippen MR) is 73.0 cm³/mol. The highest BCUT2D eigenvalue weighted by molar-refractivity contribution is 6.32. The van der Waals surface area contributed by atoms with Crippen molar-refractivity contribution in [2.75, 3.05) is 13.2 Å². The first-order chi connectivity index (χ1) is 8.49. The monoisotopic (exact) mass is 270 g/mol. The molecule has 1 rings (SSSR count). The summed E-state index contributed by atoms with van der Waals surface area (Å²) in [5.41, 5.74) is 7.26. The van der Waals surface area contributed by atoms with Gasteiger partial charge in [-0.05, 0) is 44.0 Å². The van der Waals surface area contributed by atoms with E-state index in [-0.39, 0.29) is 18.5 Å². The van der Waals surface area contributed by atoms with Crippen molar-refractivity contribution in [3.05, 3.63) is 28.3 Å². The van der Waals surface area contributed by atoms with Crippen LogP contribution in [0.15, 0.2) is 12.1 Å². The second-order valence-electron chi connectivity index (χ2n) is 4.07. The molecule has 1 unspecified atom stereocenters. The molecule has 1 amide bonds. The number of halogens is 1. The molecule has 0 spiro atoms. The van der Waals surface area contributed by atoms with Crippen LogP contribution in [0.4, 0.5) is 0 Å². The summed E-state index contributed by atoms with van der Waals surface area (Å²) in [6.07, 6.45) is 0. The van der Waals surface area contributed by atoms with Crippen molar-refractivity contribution in [1.82, 2.24) is 5.32 Å². The minimum atomic E-state index is -0.188. The van der Waals surface area contributed by atoms with Crippen LogP contribution in [0.5, 0.6) is 5.75 Å². The van der Waals surface area contributed by atoms with Crippen LogP contribution in [0.3, 0.4) is 0 Å². The summed E-state index contributed by atoms with van der Waals surface area (Å²) in [6.45, 7) is 6.31. The molecule has 100 valence electrons. The number of carbonyl (C=O) groups excluding carboxylic acids is 1. The van der Waals surface area contributed by atoms with Crippen molar-refractivity contribution >= 4 is 17.5 Å². The summed E-state index contributed by atoms with van der Waals surface area (Å²) >= 11 is 6.13. The minimum absolute atomic E-state index is 0.0197. The van der Waals surface area contributed by atoms with E-state index < -0.39 is 0 Å². The maximum absolute atomic E-state index is 11.3. The van der Waals surface area contributed by atoms with Gasteiger partial charge in [-0.3, -0.25) is 4.79 Å². The van der Waals surface area contributed by atoms with Crippen LogP contribution < -0.4 is 15.8 Å². The van der Waals surface area contributed by atoms with E-state index in [0.717, 1.165) is 11.1 Å². The molecule has 0 fully saturated rings. The zero-order valence-corrected chi connectivity index (χ0v) is 11.7. The number of benzene rings is 1. The lowest BCUT2D eigenvalue weighted by molar-refractivity contribution is -0.120. The van der Waals surface area contributed by atoms with E-state index in [4.69, 9.17) is 22.1 Å². The summed E-state index contributed by atoms with van der Waals surface area (Å²) in [4.78, 5) is 11.3. The van der Waals surface area contributed by atoms with E-state index in [2.05, 4.69) is 5.32 Å². The molecule has 0 aliphatic heterocycles. The van der Waals surface area contributed by atoms with Gasteiger partial charge < -0.3 is 15.8 Å². The predicted octanol–water partition coefficient (Wildman–Crippen LogP) is 2.18. The molecule has 4 nitrogen and oxygen atoms in total. The van der Waals surface area contributed by atoms with E-state index in [1.165, 1.54) is 0 Å². The average Bonchev–Trinajstić information content (AvgIpc) is 2.33. The normalized spacial score (nSPS) is 12.1. The fraction of sp³-hybridized carbons (Fsp3) is 0.462. The van der Waals surface area contributed by atoms with Gasteiger partial charge in [0.1, 0.15) is 5.75 Å². The fourth-order valence-corrected chi connectivity index (χ4v) is 2.01. The Morgan fingerprint density at radius 1 is 1.56 bits per heavy atom. The minimum Gasteiger partial charge on any atom is -0.492 e.